The van der Waals surface area contributed by atoms with Crippen LogP contribution in [0, 0.1) is 5.82 Å². The number of hydrogen-bond acceptors (Lipinski definition) is 3. The highest BCUT2D eigenvalue weighted by Crippen LogP contribution is 2.19. The number of benzene rings is 1. The van der Waals surface area contributed by atoms with Gasteiger partial charge in [0.2, 0.25) is 0 Å². The zero-order valence-corrected chi connectivity index (χ0v) is 11.5. The van der Waals surface area contributed by atoms with E-state index in [1.807, 2.05) is 0 Å². The molecule has 1 saturated heterocycles. The Morgan fingerprint density at radius 2 is 2.21 bits per heavy atom. The number of nitrogens with zero attached hydrogens (tertiary/aromatic N) is 1. The molecule has 0 aromatic heterocycles. The molecule has 102 valence electrons. The minimum absolute atomic E-state index is 0.123. The van der Waals surface area contributed by atoms with Crippen molar-refractivity contribution in [1.29, 1.82) is 0 Å². The molecule has 0 bridgehead atoms. The number of hydrogen-bond donors (Lipinski definition) is 2. The van der Waals surface area contributed by atoms with Gasteiger partial charge in [-0.15, -0.1) is 0 Å². The normalized spacial score (nSPS) is 19.3. The van der Waals surface area contributed by atoms with Gasteiger partial charge in [-0.2, -0.15) is 0 Å². The van der Waals surface area contributed by atoms with E-state index in [1.165, 1.54) is 23.1 Å². The first kappa shape index (κ1) is 14.0. The van der Waals surface area contributed by atoms with Gasteiger partial charge in [-0.1, -0.05) is 15.9 Å². The van der Waals surface area contributed by atoms with Crippen molar-refractivity contribution < 1.29 is 19.1 Å². The first-order chi connectivity index (χ1) is 9.00. The van der Waals surface area contributed by atoms with Crippen molar-refractivity contribution >= 4 is 27.8 Å². The molecule has 2 N–H and O–H groups in total. The maximum atomic E-state index is 13.7. The molecule has 2 rings (SSSR count). The summed E-state index contributed by atoms with van der Waals surface area (Å²) in [6.07, 6.45) is 0. The Bertz CT molecular complexity index is 524. The second-order valence-electron chi connectivity index (χ2n) is 4.18. The highest BCUT2D eigenvalue weighted by molar-refractivity contribution is 9.10. The van der Waals surface area contributed by atoms with E-state index in [0.717, 1.165) is 0 Å². The van der Waals surface area contributed by atoms with Crippen LogP contribution in [0.4, 0.5) is 4.39 Å². The van der Waals surface area contributed by atoms with Gasteiger partial charge in [-0.3, -0.25) is 4.79 Å². The zero-order chi connectivity index (χ0) is 14.0. The smallest absolute Gasteiger partial charge is 0.327 e. The lowest BCUT2D eigenvalue weighted by Gasteiger charge is -2.33. The number of carboxylic acids is 1. The number of carbonyl (C=O) groups is 2. The van der Waals surface area contributed by atoms with Crippen molar-refractivity contribution in [3.05, 3.63) is 34.1 Å². The lowest BCUT2D eigenvalue weighted by atomic mass is 10.1. The number of amides is 1. The first-order valence-electron chi connectivity index (χ1n) is 5.70. The molecule has 1 heterocycles. The maximum absolute atomic E-state index is 13.7. The molecule has 1 aliphatic rings. The molecule has 19 heavy (non-hydrogen) atoms. The van der Waals surface area contributed by atoms with Crippen LogP contribution in [0.25, 0.3) is 0 Å². The second kappa shape index (κ2) is 5.66. The topological polar surface area (TPSA) is 69.6 Å². The fraction of sp³-hybridized carbons (Fsp3) is 0.333. The molecule has 1 aromatic rings. The number of halogens is 2. The molecule has 7 heteroatoms. The molecule has 5 nitrogen and oxygen atoms in total. The van der Waals surface area contributed by atoms with E-state index in [1.54, 1.807) is 0 Å². The molecule has 0 radical (unpaired) electrons. The van der Waals surface area contributed by atoms with Crippen molar-refractivity contribution in [3.63, 3.8) is 0 Å². The summed E-state index contributed by atoms with van der Waals surface area (Å²) in [7, 11) is 0. The Balaban J connectivity index is 2.31. The molecule has 0 saturated carbocycles. The van der Waals surface area contributed by atoms with Crippen molar-refractivity contribution in [2.24, 2.45) is 0 Å². The fourth-order valence-corrected chi connectivity index (χ4v) is 2.35. The minimum atomic E-state index is -1.10. The van der Waals surface area contributed by atoms with E-state index in [4.69, 9.17) is 5.11 Å². The Labute approximate surface area is 117 Å². The van der Waals surface area contributed by atoms with Gasteiger partial charge >= 0.3 is 5.97 Å². The molecule has 1 aliphatic heterocycles. The van der Waals surface area contributed by atoms with Crippen molar-refractivity contribution in [2.45, 2.75) is 6.04 Å². The average Bonchev–Trinajstić information content (AvgIpc) is 2.40. The van der Waals surface area contributed by atoms with Crippen molar-refractivity contribution in [1.82, 2.24) is 10.2 Å². The van der Waals surface area contributed by atoms with Crippen LogP contribution in [0.1, 0.15) is 10.4 Å². The van der Waals surface area contributed by atoms with Crippen LogP contribution >= 0.6 is 15.9 Å². The van der Waals surface area contributed by atoms with E-state index < -0.39 is 23.7 Å². The summed E-state index contributed by atoms with van der Waals surface area (Å²) in [4.78, 5) is 24.6. The van der Waals surface area contributed by atoms with Gasteiger partial charge in [0, 0.05) is 24.1 Å². The summed E-state index contributed by atoms with van der Waals surface area (Å²) in [6.45, 7) is 0.892. The van der Waals surface area contributed by atoms with Crippen LogP contribution in [0.15, 0.2) is 22.7 Å². The van der Waals surface area contributed by atoms with Gasteiger partial charge in [0.1, 0.15) is 11.9 Å². The number of carbonyl (C=O) groups excluding carboxylic acids is 1. The largest absolute Gasteiger partial charge is 0.480 e. The Hall–Kier alpha value is -1.47. The van der Waals surface area contributed by atoms with Crippen LogP contribution in [0.5, 0.6) is 0 Å². The standard InChI is InChI=1S/C12H12BrFN2O3/c13-7-1-2-9(14)8(5-7)11(17)16-4-3-15-6-10(16)12(18)19/h1-2,5,10,15H,3-4,6H2,(H,18,19). The maximum Gasteiger partial charge on any atom is 0.327 e. The summed E-state index contributed by atoms with van der Waals surface area (Å²) in [5, 5.41) is 12.0. The Morgan fingerprint density at radius 1 is 1.47 bits per heavy atom. The van der Waals surface area contributed by atoms with Crippen molar-refractivity contribution in [3.8, 4) is 0 Å². The number of carboxylic acid groups (broad SMARTS) is 1. The van der Waals surface area contributed by atoms with Crippen LogP contribution < -0.4 is 5.32 Å². The van der Waals surface area contributed by atoms with Crippen molar-refractivity contribution in [2.75, 3.05) is 19.6 Å². The first-order valence-corrected chi connectivity index (χ1v) is 6.49. The van der Waals surface area contributed by atoms with Gasteiger partial charge in [-0.25, -0.2) is 9.18 Å². The number of nitrogens with one attached hydrogen (secondary N) is 1. The highest BCUT2D eigenvalue weighted by Gasteiger charge is 2.33. The highest BCUT2D eigenvalue weighted by atomic mass is 79.9. The van der Waals surface area contributed by atoms with E-state index in [2.05, 4.69) is 21.2 Å². The monoisotopic (exact) mass is 330 g/mol. The molecule has 1 atom stereocenters. The molecule has 0 spiro atoms. The summed E-state index contributed by atoms with van der Waals surface area (Å²) >= 11 is 3.17. The number of rotatable bonds is 2. The third kappa shape index (κ3) is 2.93. The Kier molecular flexibility index (Phi) is 4.16. The van der Waals surface area contributed by atoms with E-state index in [-0.39, 0.29) is 18.7 Å². The predicted molar refractivity (Wildman–Crippen MR) is 69.4 cm³/mol. The van der Waals surface area contributed by atoms with Crippen LogP contribution in [0.3, 0.4) is 0 Å². The summed E-state index contributed by atoms with van der Waals surface area (Å²) in [5.41, 5.74) is -0.123. The minimum Gasteiger partial charge on any atom is -0.480 e. The molecule has 1 fully saturated rings. The molecule has 1 aromatic carbocycles. The van der Waals surface area contributed by atoms with Crippen LogP contribution in [-0.2, 0) is 4.79 Å². The quantitative estimate of drug-likeness (QED) is 0.851. The molecule has 1 amide bonds. The molecule has 1 unspecified atom stereocenters. The van der Waals surface area contributed by atoms with E-state index in [9.17, 15) is 14.0 Å². The van der Waals surface area contributed by atoms with E-state index in [0.29, 0.717) is 11.0 Å². The second-order valence-corrected chi connectivity index (χ2v) is 5.10. The van der Waals surface area contributed by atoms with Gasteiger partial charge < -0.3 is 15.3 Å². The molecular weight excluding hydrogens is 319 g/mol. The summed E-state index contributed by atoms with van der Waals surface area (Å²) < 4.78 is 14.2. The summed E-state index contributed by atoms with van der Waals surface area (Å²) in [6, 6.07) is 3.05. The molecular formula is C12H12BrFN2O3. The lowest BCUT2D eigenvalue weighted by molar-refractivity contribution is -0.142. The average molecular weight is 331 g/mol. The molecule has 0 aliphatic carbocycles. The summed E-state index contributed by atoms with van der Waals surface area (Å²) in [5.74, 6) is -2.36. The predicted octanol–water partition coefficient (Wildman–Crippen LogP) is 1.09. The third-order valence-electron chi connectivity index (χ3n) is 2.95. The van der Waals surface area contributed by atoms with Crippen LogP contribution in [0.2, 0.25) is 0 Å². The lowest BCUT2D eigenvalue weighted by Crippen LogP contribution is -2.57. The number of aliphatic carboxylic acids is 1. The van der Waals surface area contributed by atoms with Gasteiger partial charge in [0.25, 0.3) is 5.91 Å². The van der Waals surface area contributed by atoms with E-state index >= 15 is 0 Å². The zero-order valence-electron chi connectivity index (χ0n) is 9.90. The van der Waals surface area contributed by atoms with Gasteiger partial charge in [0.05, 0.1) is 5.56 Å². The number of piperazine rings is 1. The van der Waals surface area contributed by atoms with Gasteiger partial charge in [-0.05, 0) is 18.2 Å². The SMILES string of the molecule is O=C(O)C1CNCCN1C(=O)c1cc(Br)ccc1F. The van der Waals surface area contributed by atoms with Gasteiger partial charge in [0.15, 0.2) is 0 Å². The fourth-order valence-electron chi connectivity index (χ4n) is 1.98. The third-order valence-corrected chi connectivity index (χ3v) is 3.44. The Morgan fingerprint density at radius 3 is 2.89 bits per heavy atom. The van der Waals surface area contributed by atoms with Crippen LogP contribution in [-0.4, -0.2) is 47.6 Å².